The molecule has 3 N–H and O–H groups in total. The molecule has 0 aromatic heterocycles. The van der Waals surface area contributed by atoms with E-state index in [1.165, 1.54) is 6.07 Å². The summed E-state index contributed by atoms with van der Waals surface area (Å²) in [6.45, 7) is 1.48. The van der Waals surface area contributed by atoms with Gasteiger partial charge in [-0.2, -0.15) is 0 Å². The first-order valence-electron chi connectivity index (χ1n) is 6.41. The van der Waals surface area contributed by atoms with E-state index in [2.05, 4.69) is 17.2 Å². The van der Waals surface area contributed by atoms with Crippen molar-refractivity contribution in [2.24, 2.45) is 0 Å². The number of aromatic hydroxyl groups is 1. The summed E-state index contributed by atoms with van der Waals surface area (Å²) in [5, 5.41) is 21.1. The lowest BCUT2D eigenvalue weighted by molar-refractivity contribution is 0.102. The molecule has 21 heavy (non-hydrogen) atoms. The highest BCUT2D eigenvalue weighted by atomic mass is 16.3. The highest BCUT2D eigenvalue weighted by Gasteiger charge is 2.11. The molecule has 4 nitrogen and oxygen atoms in total. The summed E-state index contributed by atoms with van der Waals surface area (Å²) in [5.41, 5.74) is 2.26. The third kappa shape index (κ3) is 3.62. The Labute approximate surface area is 123 Å². The molecule has 0 saturated carbocycles. The molecular weight excluding hydrogens is 266 g/mol. The van der Waals surface area contributed by atoms with Crippen LogP contribution in [0.1, 0.15) is 21.5 Å². The summed E-state index contributed by atoms with van der Waals surface area (Å²) >= 11 is 0. The van der Waals surface area contributed by atoms with Gasteiger partial charge in [0, 0.05) is 22.4 Å². The van der Waals surface area contributed by atoms with Gasteiger partial charge in [-0.15, -0.1) is 0 Å². The average molecular weight is 281 g/mol. The lowest BCUT2D eigenvalue weighted by atomic mass is 10.1. The zero-order chi connectivity index (χ0) is 15.2. The van der Waals surface area contributed by atoms with Crippen LogP contribution in [0, 0.1) is 18.8 Å². The molecule has 0 atom stereocenters. The highest BCUT2D eigenvalue weighted by molar-refractivity contribution is 6.05. The Balaban J connectivity index is 2.22. The normalized spacial score (nSPS) is 9.62. The second-order valence-corrected chi connectivity index (χ2v) is 4.44. The number of hydrogen-bond donors (Lipinski definition) is 3. The van der Waals surface area contributed by atoms with Crippen LogP contribution in [0.4, 0.5) is 5.69 Å². The quantitative estimate of drug-likeness (QED) is 0.740. The predicted octanol–water partition coefficient (Wildman–Crippen LogP) is 2.30. The van der Waals surface area contributed by atoms with Gasteiger partial charge in [0.15, 0.2) is 0 Å². The third-order valence-corrected chi connectivity index (χ3v) is 2.98. The number of amides is 1. The van der Waals surface area contributed by atoms with E-state index in [0.717, 1.165) is 0 Å². The molecule has 0 heterocycles. The van der Waals surface area contributed by atoms with Crippen molar-refractivity contribution >= 4 is 11.6 Å². The molecule has 0 fully saturated rings. The molecule has 0 spiro atoms. The number of benzene rings is 2. The Bertz CT molecular complexity index is 726. The van der Waals surface area contributed by atoms with Gasteiger partial charge in [0.25, 0.3) is 5.91 Å². The van der Waals surface area contributed by atoms with Gasteiger partial charge < -0.3 is 15.5 Å². The minimum atomic E-state index is -0.296. The van der Waals surface area contributed by atoms with Crippen molar-refractivity contribution in [2.45, 2.75) is 6.92 Å². The van der Waals surface area contributed by atoms with Gasteiger partial charge in [0.1, 0.15) is 12.4 Å². The number of aliphatic hydroxyl groups is 1. The fourth-order valence-corrected chi connectivity index (χ4v) is 1.88. The van der Waals surface area contributed by atoms with Crippen LogP contribution in [0.2, 0.25) is 0 Å². The van der Waals surface area contributed by atoms with Crippen molar-refractivity contribution in [3.8, 4) is 17.6 Å². The largest absolute Gasteiger partial charge is 0.508 e. The number of carbonyl (C=O) groups excluding carboxylic acids is 1. The van der Waals surface area contributed by atoms with Gasteiger partial charge in [-0.3, -0.25) is 4.79 Å². The van der Waals surface area contributed by atoms with Gasteiger partial charge in [0.05, 0.1) is 0 Å². The van der Waals surface area contributed by atoms with Crippen LogP contribution in [0.5, 0.6) is 5.75 Å². The van der Waals surface area contributed by atoms with E-state index in [1.54, 1.807) is 43.3 Å². The van der Waals surface area contributed by atoms with Crippen molar-refractivity contribution < 1.29 is 15.0 Å². The number of anilines is 1. The molecule has 106 valence electrons. The van der Waals surface area contributed by atoms with Crippen molar-refractivity contribution in [1.82, 2.24) is 0 Å². The summed E-state index contributed by atoms with van der Waals surface area (Å²) in [7, 11) is 0. The van der Waals surface area contributed by atoms with E-state index in [9.17, 15) is 9.90 Å². The van der Waals surface area contributed by atoms with E-state index in [4.69, 9.17) is 5.11 Å². The summed E-state index contributed by atoms with van der Waals surface area (Å²) < 4.78 is 0. The second kappa shape index (κ2) is 6.60. The Morgan fingerprint density at radius 1 is 1.24 bits per heavy atom. The van der Waals surface area contributed by atoms with Crippen molar-refractivity contribution in [3.63, 3.8) is 0 Å². The van der Waals surface area contributed by atoms with E-state index >= 15 is 0 Å². The first-order valence-corrected chi connectivity index (χ1v) is 6.41. The Hall–Kier alpha value is -2.77. The summed E-state index contributed by atoms with van der Waals surface area (Å²) in [4.78, 5) is 12.2. The molecular formula is C17H15NO3. The molecule has 0 aliphatic heterocycles. The average Bonchev–Trinajstić information content (AvgIpc) is 2.48. The van der Waals surface area contributed by atoms with E-state index in [-0.39, 0.29) is 18.3 Å². The Morgan fingerprint density at radius 2 is 2.00 bits per heavy atom. The minimum Gasteiger partial charge on any atom is -0.508 e. The number of hydrogen-bond acceptors (Lipinski definition) is 3. The van der Waals surface area contributed by atoms with E-state index < -0.39 is 0 Å². The molecule has 0 bridgehead atoms. The van der Waals surface area contributed by atoms with Gasteiger partial charge in [-0.05, 0) is 37.3 Å². The number of aliphatic hydroxyl groups excluding tert-OH is 1. The zero-order valence-electron chi connectivity index (χ0n) is 11.6. The smallest absolute Gasteiger partial charge is 0.256 e. The van der Waals surface area contributed by atoms with Crippen LogP contribution < -0.4 is 5.32 Å². The molecule has 0 saturated heterocycles. The Morgan fingerprint density at radius 3 is 2.76 bits per heavy atom. The van der Waals surface area contributed by atoms with Crippen LogP contribution in [-0.4, -0.2) is 22.7 Å². The standard InChI is InChI=1S/C17H15NO3/c1-12-15(8-3-9-16(12)20)17(21)18-14-7-2-5-13(11-14)6-4-10-19/h2-3,5,7-9,11,19-20H,10H2,1H3,(H,18,21). The molecule has 0 aliphatic rings. The second-order valence-electron chi connectivity index (χ2n) is 4.44. The maximum Gasteiger partial charge on any atom is 0.256 e. The number of nitrogens with one attached hydrogen (secondary N) is 1. The number of phenols is 1. The summed E-state index contributed by atoms with van der Waals surface area (Å²) in [5.74, 6) is 5.12. The molecule has 0 unspecified atom stereocenters. The third-order valence-electron chi connectivity index (χ3n) is 2.98. The lowest BCUT2D eigenvalue weighted by Crippen LogP contribution is -2.13. The molecule has 1 amide bonds. The maximum absolute atomic E-state index is 12.2. The topological polar surface area (TPSA) is 69.6 Å². The van der Waals surface area contributed by atoms with Crippen LogP contribution in [0.15, 0.2) is 42.5 Å². The molecule has 2 aromatic carbocycles. The molecule has 0 radical (unpaired) electrons. The van der Waals surface area contributed by atoms with E-state index in [0.29, 0.717) is 22.4 Å². The van der Waals surface area contributed by atoms with Crippen LogP contribution >= 0.6 is 0 Å². The van der Waals surface area contributed by atoms with Crippen molar-refractivity contribution in [2.75, 3.05) is 11.9 Å². The van der Waals surface area contributed by atoms with E-state index in [1.807, 2.05) is 0 Å². The molecule has 2 rings (SSSR count). The number of carbonyl (C=O) groups is 1. The SMILES string of the molecule is Cc1c(O)cccc1C(=O)Nc1cccc(C#CCO)c1. The first kappa shape index (κ1) is 14.6. The van der Waals surface area contributed by atoms with Crippen molar-refractivity contribution in [3.05, 3.63) is 59.2 Å². The maximum atomic E-state index is 12.2. The zero-order valence-corrected chi connectivity index (χ0v) is 11.6. The summed E-state index contributed by atoms with van der Waals surface area (Å²) in [6, 6.07) is 11.8. The van der Waals surface area contributed by atoms with Crippen LogP contribution in [-0.2, 0) is 0 Å². The number of rotatable bonds is 2. The summed E-state index contributed by atoms with van der Waals surface area (Å²) in [6.07, 6.45) is 0. The molecule has 0 aliphatic carbocycles. The Kier molecular flexibility index (Phi) is 4.60. The molecule has 2 aromatic rings. The van der Waals surface area contributed by atoms with Gasteiger partial charge in [0.2, 0.25) is 0 Å². The predicted molar refractivity (Wildman–Crippen MR) is 81.2 cm³/mol. The fourth-order valence-electron chi connectivity index (χ4n) is 1.88. The monoisotopic (exact) mass is 281 g/mol. The van der Waals surface area contributed by atoms with Gasteiger partial charge in [-0.1, -0.05) is 24.0 Å². The van der Waals surface area contributed by atoms with Crippen LogP contribution in [0.25, 0.3) is 0 Å². The molecule has 4 heteroatoms. The lowest BCUT2D eigenvalue weighted by Gasteiger charge is -2.09. The van der Waals surface area contributed by atoms with Gasteiger partial charge >= 0.3 is 0 Å². The first-order chi connectivity index (χ1) is 10.1. The van der Waals surface area contributed by atoms with Gasteiger partial charge in [-0.25, -0.2) is 0 Å². The van der Waals surface area contributed by atoms with Crippen molar-refractivity contribution in [1.29, 1.82) is 0 Å². The fraction of sp³-hybridized carbons (Fsp3) is 0.118. The highest BCUT2D eigenvalue weighted by Crippen LogP contribution is 2.21. The minimum absolute atomic E-state index is 0.0882. The number of phenolic OH excluding ortho intramolecular Hbond substituents is 1. The van der Waals surface area contributed by atoms with Crippen LogP contribution in [0.3, 0.4) is 0 Å².